The van der Waals surface area contributed by atoms with Crippen molar-refractivity contribution in [2.24, 2.45) is 7.05 Å². The average molecular weight is 284 g/mol. The smallest absolute Gasteiger partial charge is 0.354 e. The summed E-state index contributed by atoms with van der Waals surface area (Å²) in [6, 6.07) is 7.42. The highest BCUT2D eigenvalue weighted by Gasteiger charge is 2.18. The average Bonchev–Trinajstić information content (AvgIpc) is 2.79. The summed E-state index contributed by atoms with van der Waals surface area (Å²) in [7, 11) is 1.77. The Balaban J connectivity index is 2.43. The highest BCUT2D eigenvalue weighted by Crippen LogP contribution is 2.25. The van der Waals surface area contributed by atoms with Gasteiger partial charge in [0.05, 0.1) is 23.0 Å². The Bertz CT molecular complexity index is 919. The van der Waals surface area contributed by atoms with E-state index in [1.54, 1.807) is 24.6 Å². The molecule has 0 atom stereocenters. The summed E-state index contributed by atoms with van der Waals surface area (Å²) in [5.74, 6) is -0.420. The van der Waals surface area contributed by atoms with Crippen LogP contribution in [0.3, 0.4) is 0 Å². The highest BCUT2D eigenvalue weighted by atomic mass is 16.5. The number of nitrogens with zero attached hydrogens (tertiary/aromatic N) is 1. The highest BCUT2D eigenvalue weighted by molar-refractivity contribution is 6.07. The van der Waals surface area contributed by atoms with Crippen molar-refractivity contribution in [3.8, 4) is 0 Å². The largest absolute Gasteiger partial charge is 0.461 e. The normalized spacial score (nSPS) is 11.2. The number of nitrogens with one attached hydrogen (secondary N) is 1. The minimum Gasteiger partial charge on any atom is -0.461 e. The van der Waals surface area contributed by atoms with E-state index in [1.807, 2.05) is 25.1 Å². The molecule has 0 fully saturated rings. The number of hydrogen-bond donors (Lipinski definition) is 1. The van der Waals surface area contributed by atoms with E-state index in [-0.39, 0.29) is 5.56 Å². The molecule has 3 rings (SSSR count). The van der Waals surface area contributed by atoms with Crippen LogP contribution in [0.15, 0.2) is 29.1 Å². The van der Waals surface area contributed by atoms with Crippen molar-refractivity contribution < 1.29 is 9.53 Å². The monoisotopic (exact) mass is 284 g/mol. The molecule has 0 aliphatic rings. The number of fused-ring (bicyclic) bond motifs is 3. The third kappa shape index (κ3) is 2.01. The summed E-state index contributed by atoms with van der Waals surface area (Å²) in [4.78, 5) is 27.0. The van der Waals surface area contributed by atoms with Crippen LogP contribution in [-0.4, -0.2) is 22.1 Å². The Labute approximate surface area is 121 Å². The number of aromatic amines is 1. The zero-order valence-electron chi connectivity index (χ0n) is 12.2. The summed E-state index contributed by atoms with van der Waals surface area (Å²) < 4.78 is 6.77. The second-order valence-electron chi connectivity index (χ2n) is 5.07. The van der Waals surface area contributed by atoms with Crippen LogP contribution in [0.4, 0.5) is 0 Å². The van der Waals surface area contributed by atoms with Crippen molar-refractivity contribution >= 4 is 27.8 Å². The minimum absolute atomic E-state index is 0.201. The van der Waals surface area contributed by atoms with E-state index in [9.17, 15) is 9.59 Å². The van der Waals surface area contributed by atoms with E-state index in [0.29, 0.717) is 17.7 Å². The van der Waals surface area contributed by atoms with E-state index in [4.69, 9.17) is 4.74 Å². The number of carbonyl (C=O) groups is 1. The van der Waals surface area contributed by atoms with Crippen molar-refractivity contribution in [2.45, 2.75) is 13.8 Å². The first-order valence-corrected chi connectivity index (χ1v) is 6.82. The van der Waals surface area contributed by atoms with Crippen LogP contribution in [0.1, 0.15) is 23.0 Å². The molecule has 0 spiro atoms. The number of rotatable bonds is 2. The first-order valence-electron chi connectivity index (χ1n) is 6.82. The van der Waals surface area contributed by atoms with Crippen molar-refractivity contribution in [1.29, 1.82) is 0 Å². The Kier molecular flexibility index (Phi) is 3.05. The Morgan fingerprint density at radius 1 is 1.29 bits per heavy atom. The SMILES string of the molecule is CCOC(=O)c1cc2c(=O)[nH]c3ccc(C)cc3c2n1C. The lowest BCUT2D eigenvalue weighted by atomic mass is 10.1. The number of ether oxygens (including phenoxy) is 1. The van der Waals surface area contributed by atoms with Gasteiger partial charge in [-0.05, 0) is 32.0 Å². The van der Waals surface area contributed by atoms with E-state index >= 15 is 0 Å². The van der Waals surface area contributed by atoms with Crippen molar-refractivity contribution in [1.82, 2.24) is 9.55 Å². The van der Waals surface area contributed by atoms with Crippen LogP contribution in [0, 0.1) is 6.92 Å². The number of benzene rings is 1. The zero-order valence-corrected chi connectivity index (χ0v) is 12.2. The van der Waals surface area contributed by atoms with Gasteiger partial charge in [-0.2, -0.15) is 0 Å². The van der Waals surface area contributed by atoms with Gasteiger partial charge in [-0.25, -0.2) is 4.79 Å². The molecule has 5 nitrogen and oxygen atoms in total. The standard InChI is InChI=1S/C16H16N2O3/c1-4-21-16(20)13-8-11-14(18(13)3)10-7-9(2)5-6-12(10)17-15(11)19/h5-8H,4H2,1-3H3,(H,17,19). The third-order valence-electron chi connectivity index (χ3n) is 3.64. The molecule has 5 heteroatoms. The predicted octanol–water partition coefficient (Wildman–Crippen LogP) is 2.50. The molecule has 2 heterocycles. The van der Waals surface area contributed by atoms with Gasteiger partial charge >= 0.3 is 5.97 Å². The second kappa shape index (κ2) is 4.77. The lowest BCUT2D eigenvalue weighted by Crippen LogP contribution is -2.09. The Morgan fingerprint density at radius 3 is 2.76 bits per heavy atom. The summed E-state index contributed by atoms with van der Waals surface area (Å²) in [5, 5.41) is 1.42. The number of hydrogen-bond acceptors (Lipinski definition) is 3. The maximum absolute atomic E-state index is 12.2. The number of carbonyl (C=O) groups excluding carboxylic acids is 1. The topological polar surface area (TPSA) is 64.1 Å². The number of aryl methyl sites for hydroxylation is 2. The van der Waals surface area contributed by atoms with Gasteiger partial charge in [0.2, 0.25) is 0 Å². The Morgan fingerprint density at radius 2 is 2.05 bits per heavy atom. The molecule has 0 aliphatic carbocycles. The summed E-state index contributed by atoms with van der Waals surface area (Å²) >= 11 is 0. The molecular weight excluding hydrogens is 268 g/mol. The molecule has 108 valence electrons. The second-order valence-corrected chi connectivity index (χ2v) is 5.07. The molecule has 3 aromatic rings. The van der Waals surface area contributed by atoms with E-state index in [2.05, 4.69) is 4.98 Å². The van der Waals surface area contributed by atoms with Crippen LogP contribution in [0.25, 0.3) is 21.8 Å². The van der Waals surface area contributed by atoms with Gasteiger partial charge in [0, 0.05) is 12.4 Å². The van der Waals surface area contributed by atoms with Crippen molar-refractivity contribution in [2.75, 3.05) is 6.61 Å². The maximum Gasteiger partial charge on any atom is 0.354 e. The molecule has 0 saturated heterocycles. The first-order chi connectivity index (χ1) is 10.0. The van der Waals surface area contributed by atoms with Crippen LogP contribution < -0.4 is 5.56 Å². The van der Waals surface area contributed by atoms with Crippen LogP contribution >= 0.6 is 0 Å². The minimum atomic E-state index is -0.420. The van der Waals surface area contributed by atoms with E-state index < -0.39 is 5.97 Å². The number of aromatic nitrogens is 2. The molecule has 2 aromatic heterocycles. The van der Waals surface area contributed by atoms with Gasteiger partial charge < -0.3 is 14.3 Å². The van der Waals surface area contributed by atoms with Crippen LogP contribution in [-0.2, 0) is 11.8 Å². The molecule has 1 aromatic carbocycles. The molecule has 21 heavy (non-hydrogen) atoms. The van der Waals surface area contributed by atoms with Gasteiger partial charge in [0.25, 0.3) is 5.56 Å². The lowest BCUT2D eigenvalue weighted by Gasteiger charge is -2.06. The fraction of sp³-hybridized carbons (Fsp3) is 0.250. The van der Waals surface area contributed by atoms with Crippen LogP contribution in [0.2, 0.25) is 0 Å². The predicted molar refractivity (Wildman–Crippen MR) is 81.7 cm³/mol. The maximum atomic E-state index is 12.2. The quantitative estimate of drug-likeness (QED) is 0.735. The van der Waals surface area contributed by atoms with Crippen LogP contribution in [0.5, 0.6) is 0 Å². The molecule has 0 aliphatic heterocycles. The molecule has 0 saturated carbocycles. The van der Waals surface area contributed by atoms with Gasteiger partial charge in [-0.3, -0.25) is 4.79 Å². The van der Waals surface area contributed by atoms with Gasteiger partial charge in [-0.1, -0.05) is 11.6 Å². The number of H-pyrrole nitrogens is 1. The Hall–Kier alpha value is -2.56. The zero-order chi connectivity index (χ0) is 15.1. The third-order valence-corrected chi connectivity index (χ3v) is 3.64. The molecule has 0 amide bonds. The van der Waals surface area contributed by atoms with Gasteiger partial charge in [0.1, 0.15) is 5.69 Å². The fourth-order valence-corrected chi connectivity index (χ4v) is 2.66. The molecule has 0 radical (unpaired) electrons. The summed E-state index contributed by atoms with van der Waals surface area (Å²) in [5.41, 5.74) is 2.78. The number of esters is 1. The van der Waals surface area contributed by atoms with Gasteiger partial charge in [0.15, 0.2) is 0 Å². The molecule has 0 unspecified atom stereocenters. The van der Waals surface area contributed by atoms with E-state index in [0.717, 1.165) is 22.0 Å². The van der Waals surface area contributed by atoms with Crippen molar-refractivity contribution in [3.05, 3.63) is 45.9 Å². The fourth-order valence-electron chi connectivity index (χ4n) is 2.66. The van der Waals surface area contributed by atoms with Crippen molar-refractivity contribution in [3.63, 3.8) is 0 Å². The molecule has 0 bridgehead atoms. The van der Waals surface area contributed by atoms with Gasteiger partial charge in [-0.15, -0.1) is 0 Å². The first kappa shape index (κ1) is 13.4. The molecule has 1 N–H and O–H groups in total. The van der Waals surface area contributed by atoms with E-state index in [1.165, 1.54) is 0 Å². The number of pyridine rings is 1. The molecular formula is C16H16N2O3. The lowest BCUT2D eigenvalue weighted by molar-refractivity contribution is 0.0516. The summed E-state index contributed by atoms with van der Waals surface area (Å²) in [6.07, 6.45) is 0. The summed E-state index contributed by atoms with van der Waals surface area (Å²) in [6.45, 7) is 4.05.